The third kappa shape index (κ3) is 7.59. The summed E-state index contributed by atoms with van der Waals surface area (Å²) in [5.74, 6) is -0.918. The highest BCUT2D eigenvalue weighted by Gasteiger charge is 2.32. The summed E-state index contributed by atoms with van der Waals surface area (Å²) < 4.78 is 6.07. The zero-order chi connectivity index (χ0) is 24.3. The molecule has 1 unspecified atom stereocenters. The van der Waals surface area contributed by atoms with Gasteiger partial charge in [-0.05, 0) is 36.8 Å². The van der Waals surface area contributed by atoms with E-state index in [1.54, 1.807) is 17.4 Å². The van der Waals surface area contributed by atoms with Gasteiger partial charge in [0.1, 0.15) is 12.1 Å². The molecular weight excluding hydrogens is 456 g/mol. The number of nitrogens with one attached hydrogen (secondary N) is 2. The van der Waals surface area contributed by atoms with E-state index in [4.69, 9.17) is 4.74 Å². The first-order valence-electron chi connectivity index (χ1n) is 11.4. The van der Waals surface area contributed by atoms with E-state index in [0.717, 1.165) is 18.4 Å². The van der Waals surface area contributed by atoms with Crippen molar-refractivity contribution in [3.63, 3.8) is 0 Å². The number of benzene rings is 1. The summed E-state index contributed by atoms with van der Waals surface area (Å²) in [6.07, 6.45) is 6.80. The van der Waals surface area contributed by atoms with Crippen LogP contribution >= 0.6 is 11.8 Å². The molecule has 3 rings (SSSR count). The van der Waals surface area contributed by atoms with Crippen LogP contribution in [0.5, 0.6) is 0 Å². The minimum atomic E-state index is -1.06. The Kier molecular flexibility index (Phi) is 9.96. The number of carbonyl (C=O) groups excluding carboxylic acids is 2. The van der Waals surface area contributed by atoms with Crippen molar-refractivity contribution in [2.75, 3.05) is 25.2 Å². The molecule has 1 aromatic carbocycles. The van der Waals surface area contributed by atoms with Crippen LogP contribution in [0.2, 0.25) is 0 Å². The first kappa shape index (κ1) is 25.8. The molecule has 0 saturated carbocycles. The molecule has 2 aromatic rings. The number of H-pyrrole nitrogens is 1. The van der Waals surface area contributed by atoms with E-state index in [1.807, 2.05) is 36.6 Å². The second kappa shape index (κ2) is 13.1. The van der Waals surface area contributed by atoms with Gasteiger partial charge in [-0.3, -0.25) is 9.59 Å². The Morgan fingerprint density at radius 2 is 2.12 bits per heavy atom. The number of carbonyl (C=O) groups is 3. The van der Waals surface area contributed by atoms with Crippen LogP contribution in [-0.2, 0) is 32.0 Å². The Hall–Kier alpha value is -2.85. The number of imidazole rings is 1. The third-order valence-electron chi connectivity index (χ3n) is 5.86. The van der Waals surface area contributed by atoms with Crippen LogP contribution in [0.4, 0.5) is 0 Å². The van der Waals surface area contributed by atoms with E-state index in [0.29, 0.717) is 30.8 Å². The van der Waals surface area contributed by atoms with Gasteiger partial charge in [-0.15, -0.1) is 0 Å². The number of likely N-dealkylation sites (tertiary alicyclic amines) is 1. The Labute approximate surface area is 203 Å². The molecule has 0 aliphatic carbocycles. The fourth-order valence-corrected chi connectivity index (χ4v) is 4.49. The number of aliphatic carboxylic acids is 1. The molecule has 3 N–H and O–H groups in total. The smallest absolute Gasteiger partial charge is 0.326 e. The molecule has 0 bridgehead atoms. The summed E-state index contributed by atoms with van der Waals surface area (Å²) in [7, 11) is 0. The minimum Gasteiger partial charge on any atom is -0.480 e. The Bertz CT molecular complexity index is 925. The fourth-order valence-electron chi connectivity index (χ4n) is 4.02. The largest absolute Gasteiger partial charge is 0.480 e. The molecule has 1 aliphatic heterocycles. The van der Waals surface area contributed by atoms with Gasteiger partial charge in [-0.1, -0.05) is 30.3 Å². The molecule has 1 aliphatic rings. The van der Waals surface area contributed by atoms with Crippen LogP contribution in [0.15, 0.2) is 42.9 Å². The van der Waals surface area contributed by atoms with Crippen molar-refractivity contribution in [2.45, 2.75) is 50.3 Å². The monoisotopic (exact) mass is 488 g/mol. The molecular formula is C24H32N4O5S. The van der Waals surface area contributed by atoms with Crippen LogP contribution in [0, 0.1) is 0 Å². The molecule has 0 radical (unpaired) electrons. The molecule has 34 heavy (non-hydrogen) atoms. The Morgan fingerprint density at radius 1 is 1.32 bits per heavy atom. The quantitative estimate of drug-likeness (QED) is 0.393. The van der Waals surface area contributed by atoms with Crippen LogP contribution in [0.3, 0.4) is 0 Å². The zero-order valence-electron chi connectivity index (χ0n) is 19.3. The lowest BCUT2D eigenvalue weighted by Crippen LogP contribution is -2.48. The highest BCUT2D eigenvalue weighted by Crippen LogP contribution is 2.20. The number of aromatic nitrogens is 2. The summed E-state index contributed by atoms with van der Waals surface area (Å²) in [6, 6.07) is 8.36. The van der Waals surface area contributed by atoms with Crippen LogP contribution < -0.4 is 5.32 Å². The number of carboxylic acids is 1. The summed E-state index contributed by atoms with van der Waals surface area (Å²) in [5, 5.41) is 12.1. The lowest BCUT2D eigenvalue weighted by molar-refractivity contribution is -0.145. The van der Waals surface area contributed by atoms with Crippen molar-refractivity contribution in [3.05, 3.63) is 54.1 Å². The summed E-state index contributed by atoms with van der Waals surface area (Å²) in [4.78, 5) is 46.2. The molecule has 9 nitrogen and oxygen atoms in total. The van der Waals surface area contributed by atoms with Gasteiger partial charge in [0, 0.05) is 19.2 Å². The van der Waals surface area contributed by atoms with Gasteiger partial charge in [0.25, 0.3) is 0 Å². The Balaban J connectivity index is 1.65. The highest BCUT2D eigenvalue weighted by molar-refractivity contribution is 7.98. The normalized spacial score (nSPS) is 17.3. The zero-order valence-corrected chi connectivity index (χ0v) is 20.1. The second-order valence-corrected chi connectivity index (χ2v) is 9.30. The number of amides is 2. The molecule has 2 amide bonds. The number of carboxylic acid groups (broad SMARTS) is 1. The maximum atomic E-state index is 13.1. The first-order valence-corrected chi connectivity index (χ1v) is 12.8. The van der Waals surface area contributed by atoms with Crippen LogP contribution in [0.25, 0.3) is 0 Å². The van der Waals surface area contributed by atoms with Crippen molar-refractivity contribution in [1.29, 1.82) is 0 Å². The van der Waals surface area contributed by atoms with Gasteiger partial charge in [-0.2, -0.15) is 11.8 Å². The first-order chi connectivity index (χ1) is 16.5. The number of aromatic amines is 1. The SMILES string of the molecule is CSCCC(NC(=O)[C@H](Cc1ccccc1)OC[C@@H]1CCCN1C(=O)Cc1c[nH]cn1)C(=O)O. The maximum absolute atomic E-state index is 13.1. The van der Waals surface area contributed by atoms with Crippen LogP contribution in [0.1, 0.15) is 30.5 Å². The number of ether oxygens (including phenoxy) is 1. The van der Waals surface area contributed by atoms with E-state index in [1.165, 1.54) is 11.8 Å². The summed E-state index contributed by atoms with van der Waals surface area (Å²) in [6.45, 7) is 0.850. The molecule has 184 valence electrons. The number of hydrogen-bond donors (Lipinski definition) is 3. The maximum Gasteiger partial charge on any atom is 0.326 e. The van der Waals surface area contributed by atoms with Crippen molar-refractivity contribution >= 4 is 29.5 Å². The van der Waals surface area contributed by atoms with E-state index in [9.17, 15) is 19.5 Å². The fraction of sp³-hybridized carbons (Fsp3) is 0.500. The highest BCUT2D eigenvalue weighted by atomic mass is 32.2. The molecule has 10 heteroatoms. The number of thioether (sulfide) groups is 1. The molecule has 3 atom stereocenters. The predicted molar refractivity (Wildman–Crippen MR) is 129 cm³/mol. The second-order valence-electron chi connectivity index (χ2n) is 8.31. The summed E-state index contributed by atoms with van der Waals surface area (Å²) >= 11 is 1.53. The van der Waals surface area contributed by atoms with Gasteiger partial charge in [0.05, 0.1) is 31.1 Å². The lowest BCUT2D eigenvalue weighted by atomic mass is 10.1. The Morgan fingerprint density at radius 3 is 2.79 bits per heavy atom. The van der Waals surface area contributed by atoms with E-state index in [2.05, 4.69) is 15.3 Å². The van der Waals surface area contributed by atoms with Gasteiger partial charge in [-0.25, -0.2) is 9.78 Å². The van der Waals surface area contributed by atoms with Crippen molar-refractivity contribution in [2.24, 2.45) is 0 Å². The predicted octanol–water partition coefficient (Wildman–Crippen LogP) is 1.89. The number of hydrogen-bond acceptors (Lipinski definition) is 6. The van der Waals surface area contributed by atoms with Gasteiger partial charge < -0.3 is 25.0 Å². The van der Waals surface area contributed by atoms with Gasteiger partial charge >= 0.3 is 5.97 Å². The van der Waals surface area contributed by atoms with Gasteiger partial charge in [0.2, 0.25) is 11.8 Å². The summed E-state index contributed by atoms with van der Waals surface area (Å²) in [5.41, 5.74) is 1.60. The lowest BCUT2D eigenvalue weighted by Gasteiger charge is -2.27. The molecule has 1 saturated heterocycles. The number of nitrogens with zero attached hydrogens (tertiary/aromatic N) is 2. The van der Waals surface area contributed by atoms with E-state index < -0.39 is 24.0 Å². The molecule has 1 fully saturated rings. The average molecular weight is 489 g/mol. The molecule has 0 spiro atoms. The topological polar surface area (TPSA) is 125 Å². The average Bonchev–Trinajstić information content (AvgIpc) is 3.51. The van der Waals surface area contributed by atoms with E-state index in [-0.39, 0.29) is 25.0 Å². The van der Waals surface area contributed by atoms with E-state index >= 15 is 0 Å². The standard InChI is InChI=1S/C24H32N4O5S/c1-34-11-9-20(24(31)32)27-23(30)21(12-17-6-3-2-4-7-17)33-15-19-8-5-10-28(19)22(29)13-18-14-25-16-26-18/h2-4,6-7,14,16,19-21H,5,8-13,15H2,1H3,(H,25,26)(H,27,30)(H,31,32)/t19-,20?,21-/m0/s1. The van der Waals surface area contributed by atoms with Gasteiger partial charge in [0.15, 0.2) is 0 Å². The van der Waals surface area contributed by atoms with Crippen LogP contribution in [-0.4, -0.2) is 81.1 Å². The number of rotatable bonds is 13. The van der Waals surface area contributed by atoms with Crippen molar-refractivity contribution < 1.29 is 24.2 Å². The molecule has 2 heterocycles. The van der Waals surface area contributed by atoms with Crippen molar-refractivity contribution in [3.8, 4) is 0 Å². The van der Waals surface area contributed by atoms with Crippen molar-refractivity contribution in [1.82, 2.24) is 20.2 Å². The minimum absolute atomic E-state index is 0.0229. The third-order valence-corrected chi connectivity index (χ3v) is 6.50. The molecule has 1 aromatic heterocycles.